The topological polar surface area (TPSA) is 41.9 Å². The van der Waals surface area contributed by atoms with Crippen LogP contribution in [0.5, 0.6) is 0 Å². The molecular weight excluding hydrogens is 308 g/mol. The van der Waals surface area contributed by atoms with E-state index in [4.69, 9.17) is 9.97 Å². The average Bonchev–Trinajstić information content (AvgIpc) is 2.62. The van der Waals surface area contributed by atoms with Crippen LogP contribution >= 0.6 is 0 Å². The van der Waals surface area contributed by atoms with E-state index < -0.39 is 0 Å². The minimum Gasteiger partial charge on any atom is -0.366 e. The Labute approximate surface area is 147 Å². The first-order chi connectivity index (χ1) is 12.1. The number of nitrogens with zero attached hydrogens (tertiary/aromatic N) is 4. The van der Waals surface area contributed by atoms with Crippen LogP contribution in [0.2, 0.25) is 0 Å². The molecule has 0 aliphatic rings. The van der Waals surface area contributed by atoms with E-state index in [9.17, 15) is 0 Å². The van der Waals surface area contributed by atoms with Crippen molar-refractivity contribution in [3.63, 3.8) is 0 Å². The summed E-state index contributed by atoms with van der Waals surface area (Å²) < 4.78 is 0. The molecule has 0 radical (unpaired) electrons. The third-order valence-electron chi connectivity index (χ3n) is 4.58. The Morgan fingerprint density at radius 2 is 1.68 bits per heavy atom. The number of pyridine rings is 1. The predicted octanol–water partition coefficient (Wildman–Crippen LogP) is 4.43. The van der Waals surface area contributed by atoms with Gasteiger partial charge in [-0.25, -0.2) is 9.97 Å². The zero-order valence-corrected chi connectivity index (χ0v) is 14.7. The molecule has 0 aliphatic carbocycles. The minimum atomic E-state index is 0.652. The van der Waals surface area contributed by atoms with Crippen LogP contribution in [0.25, 0.3) is 21.8 Å². The Bertz CT molecular complexity index is 1070. The number of benzene rings is 2. The Morgan fingerprint density at radius 1 is 0.880 bits per heavy atom. The molecule has 4 nitrogen and oxygen atoms in total. The van der Waals surface area contributed by atoms with Gasteiger partial charge < -0.3 is 4.90 Å². The first-order valence-electron chi connectivity index (χ1n) is 8.41. The van der Waals surface area contributed by atoms with Gasteiger partial charge in [-0.15, -0.1) is 0 Å². The molecule has 0 bridgehead atoms. The maximum atomic E-state index is 4.73. The lowest BCUT2D eigenvalue weighted by Gasteiger charge is -2.21. The Hall–Kier alpha value is -3.01. The maximum Gasteiger partial charge on any atom is 0.148 e. The zero-order chi connectivity index (χ0) is 17.4. The number of hydrogen-bond donors (Lipinski definition) is 0. The molecule has 124 valence electrons. The lowest BCUT2D eigenvalue weighted by atomic mass is 10.1. The quantitative estimate of drug-likeness (QED) is 0.558. The second-order valence-corrected chi connectivity index (χ2v) is 6.40. The summed E-state index contributed by atoms with van der Waals surface area (Å²) in [6, 6.07) is 16.5. The Kier molecular flexibility index (Phi) is 3.80. The Morgan fingerprint density at radius 3 is 2.56 bits per heavy atom. The summed E-state index contributed by atoms with van der Waals surface area (Å²) >= 11 is 0. The van der Waals surface area contributed by atoms with Crippen molar-refractivity contribution >= 4 is 27.5 Å². The van der Waals surface area contributed by atoms with Gasteiger partial charge in [0.2, 0.25) is 0 Å². The SMILES string of the molecule is Cc1nc(CN(C)c2ccnc3c(C)cccc23)nc2ccccc12. The van der Waals surface area contributed by atoms with Crippen LogP contribution in [0.3, 0.4) is 0 Å². The van der Waals surface area contributed by atoms with E-state index in [2.05, 4.69) is 54.2 Å². The molecule has 0 aliphatic heterocycles. The van der Waals surface area contributed by atoms with E-state index in [1.807, 2.05) is 31.3 Å². The fourth-order valence-electron chi connectivity index (χ4n) is 3.31. The number of rotatable bonds is 3. The van der Waals surface area contributed by atoms with Gasteiger partial charge in [0.05, 0.1) is 17.6 Å². The summed E-state index contributed by atoms with van der Waals surface area (Å²) in [5.41, 5.74) is 5.38. The predicted molar refractivity (Wildman–Crippen MR) is 103 cm³/mol. The molecule has 0 atom stereocenters. The monoisotopic (exact) mass is 328 g/mol. The minimum absolute atomic E-state index is 0.652. The third kappa shape index (κ3) is 2.80. The molecule has 4 rings (SSSR count). The van der Waals surface area contributed by atoms with E-state index in [1.54, 1.807) is 0 Å². The summed E-state index contributed by atoms with van der Waals surface area (Å²) in [7, 11) is 2.07. The van der Waals surface area contributed by atoms with Crippen molar-refractivity contribution in [1.29, 1.82) is 0 Å². The molecule has 0 unspecified atom stereocenters. The van der Waals surface area contributed by atoms with Crippen LogP contribution in [0.4, 0.5) is 5.69 Å². The van der Waals surface area contributed by atoms with Crippen molar-refractivity contribution in [2.75, 3.05) is 11.9 Å². The van der Waals surface area contributed by atoms with E-state index in [0.29, 0.717) is 6.54 Å². The van der Waals surface area contributed by atoms with Crippen LogP contribution in [-0.2, 0) is 6.54 Å². The van der Waals surface area contributed by atoms with Gasteiger partial charge in [-0.05, 0) is 31.5 Å². The second kappa shape index (κ2) is 6.13. The van der Waals surface area contributed by atoms with Crippen molar-refractivity contribution in [3.8, 4) is 0 Å². The van der Waals surface area contributed by atoms with E-state index >= 15 is 0 Å². The molecule has 2 aromatic heterocycles. The van der Waals surface area contributed by atoms with Gasteiger partial charge in [-0.1, -0.05) is 36.4 Å². The number of anilines is 1. The zero-order valence-electron chi connectivity index (χ0n) is 14.7. The average molecular weight is 328 g/mol. The van der Waals surface area contributed by atoms with Crippen molar-refractivity contribution in [2.45, 2.75) is 20.4 Å². The highest BCUT2D eigenvalue weighted by molar-refractivity contribution is 5.93. The molecule has 4 heteroatoms. The van der Waals surface area contributed by atoms with Crippen LogP contribution in [0.1, 0.15) is 17.1 Å². The summed E-state index contributed by atoms with van der Waals surface area (Å²) in [6.45, 7) is 4.78. The van der Waals surface area contributed by atoms with Crippen molar-refractivity contribution < 1.29 is 0 Å². The van der Waals surface area contributed by atoms with Crippen LogP contribution in [0, 0.1) is 13.8 Å². The highest BCUT2D eigenvalue weighted by Crippen LogP contribution is 2.27. The van der Waals surface area contributed by atoms with E-state index in [0.717, 1.165) is 39.0 Å². The number of aryl methyl sites for hydroxylation is 2. The van der Waals surface area contributed by atoms with Gasteiger partial charge in [0, 0.05) is 35.4 Å². The summed E-state index contributed by atoms with van der Waals surface area (Å²) in [6.07, 6.45) is 1.87. The maximum absolute atomic E-state index is 4.73. The molecule has 0 saturated carbocycles. The van der Waals surface area contributed by atoms with Gasteiger partial charge >= 0.3 is 0 Å². The van der Waals surface area contributed by atoms with Crippen molar-refractivity contribution in [1.82, 2.24) is 15.0 Å². The van der Waals surface area contributed by atoms with Gasteiger partial charge in [-0.3, -0.25) is 4.98 Å². The molecule has 0 spiro atoms. The van der Waals surface area contributed by atoms with Crippen molar-refractivity contribution in [2.24, 2.45) is 0 Å². The van der Waals surface area contributed by atoms with Crippen LogP contribution in [-0.4, -0.2) is 22.0 Å². The standard InChI is InChI=1S/C21H20N4/c1-14-7-6-9-17-19(11-12-22-21(14)17)25(3)13-20-23-15(2)16-8-4-5-10-18(16)24-20/h4-12H,13H2,1-3H3. The molecule has 0 amide bonds. The lowest BCUT2D eigenvalue weighted by molar-refractivity contribution is 0.842. The van der Waals surface area contributed by atoms with Gasteiger partial charge in [-0.2, -0.15) is 0 Å². The van der Waals surface area contributed by atoms with Crippen LogP contribution in [0.15, 0.2) is 54.7 Å². The summed E-state index contributed by atoms with van der Waals surface area (Å²) in [4.78, 5) is 16.1. The summed E-state index contributed by atoms with van der Waals surface area (Å²) in [5, 5.41) is 2.27. The number of para-hydroxylation sites is 2. The molecular formula is C21H20N4. The number of fused-ring (bicyclic) bond motifs is 2. The first-order valence-corrected chi connectivity index (χ1v) is 8.41. The highest BCUT2D eigenvalue weighted by Gasteiger charge is 2.11. The number of aromatic nitrogens is 3. The first kappa shape index (κ1) is 15.5. The van der Waals surface area contributed by atoms with Gasteiger partial charge in [0.1, 0.15) is 5.82 Å². The normalized spacial score (nSPS) is 11.2. The fraction of sp³-hybridized carbons (Fsp3) is 0.190. The second-order valence-electron chi connectivity index (χ2n) is 6.40. The molecule has 2 heterocycles. The molecule has 0 N–H and O–H groups in total. The molecule has 0 saturated heterocycles. The molecule has 0 fully saturated rings. The van der Waals surface area contributed by atoms with E-state index in [1.165, 1.54) is 5.56 Å². The van der Waals surface area contributed by atoms with Crippen molar-refractivity contribution in [3.05, 3.63) is 71.8 Å². The summed E-state index contributed by atoms with van der Waals surface area (Å²) in [5.74, 6) is 0.830. The molecule has 4 aromatic rings. The van der Waals surface area contributed by atoms with E-state index in [-0.39, 0.29) is 0 Å². The Balaban J connectivity index is 1.73. The fourth-order valence-corrected chi connectivity index (χ4v) is 3.31. The van der Waals surface area contributed by atoms with Crippen LogP contribution < -0.4 is 4.90 Å². The number of hydrogen-bond acceptors (Lipinski definition) is 4. The third-order valence-corrected chi connectivity index (χ3v) is 4.58. The largest absolute Gasteiger partial charge is 0.366 e. The molecule has 2 aromatic carbocycles. The van der Waals surface area contributed by atoms with Gasteiger partial charge in [0.25, 0.3) is 0 Å². The lowest BCUT2D eigenvalue weighted by Crippen LogP contribution is -2.19. The molecule has 25 heavy (non-hydrogen) atoms. The van der Waals surface area contributed by atoms with Gasteiger partial charge in [0.15, 0.2) is 0 Å². The smallest absolute Gasteiger partial charge is 0.148 e. The highest BCUT2D eigenvalue weighted by atomic mass is 15.1.